The molecule has 0 bridgehead atoms. The quantitative estimate of drug-likeness (QED) is 0.885. The number of hydrogen-bond acceptors (Lipinski definition) is 3. The molecule has 0 saturated carbocycles. The Kier molecular flexibility index (Phi) is 3.14. The number of aromatic nitrogens is 2. The number of halogens is 1. The summed E-state index contributed by atoms with van der Waals surface area (Å²) in [5.41, 5.74) is 2.90. The predicted octanol–water partition coefficient (Wildman–Crippen LogP) is 2.89. The molecule has 1 aliphatic heterocycles. The van der Waals surface area contributed by atoms with Crippen molar-refractivity contribution in [2.75, 3.05) is 5.32 Å². The monoisotopic (exact) mass is 319 g/mol. The first-order valence-electron chi connectivity index (χ1n) is 6.30. The molecule has 1 N–H and O–H groups in total. The lowest BCUT2D eigenvalue weighted by molar-refractivity contribution is 0.0960. The van der Waals surface area contributed by atoms with Crippen molar-refractivity contribution >= 4 is 27.4 Å². The van der Waals surface area contributed by atoms with Gasteiger partial charge in [0.05, 0.1) is 16.7 Å². The second kappa shape index (κ2) is 4.81. The van der Waals surface area contributed by atoms with Gasteiger partial charge in [-0.1, -0.05) is 18.2 Å². The molecule has 0 aliphatic carbocycles. The molecule has 0 fully saturated rings. The van der Waals surface area contributed by atoms with Crippen molar-refractivity contribution in [1.82, 2.24) is 9.78 Å². The van der Waals surface area contributed by atoms with Crippen LogP contribution in [0.4, 0.5) is 5.69 Å². The number of hydrogen-bond donors (Lipinski definition) is 1. The number of anilines is 1. The second-order valence-electron chi connectivity index (χ2n) is 4.58. The summed E-state index contributed by atoms with van der Waals surface area (Å²) >= 11 is 3.41. The normalized spacial score (nSPS) is 17.1. The van der Waals surface area contributed by atoms with Gasteiger partial charge >= 0.3 is 0 Å². The zero-order chi connectivity index (χ0) is 13.4. The summed E-state index contributed by atoms with van der Waals surface area (Å²) in [5, 5.41) is 7.49. The van der Waals surface area contributed by atoms with Crippen molar-refractivity contribution in [2.24, 2.45) is 0 Å². The average Bonchev–Trinajstić information content (AvgIpc) is 3.01. The van der Waals surface area contributed by atoms with Crippen molar-refractivity contribution in [2.45, 2.75) is 25.9 Å². The molecule has 0 amide bonds. The summed E-state index contributed by atoms with van der Waals surface area (Å²) in [7, 11) is 0. The molecule has 0 radical (unpaired) electrons. The van der Waals surface area contributed by atoms with E-state index < -0.39 is 0 Å². The van der Waals surface area contributed by atoms with Gasteiger partial charge in [0.25, 0.3) is 0 Å². The van der Waals surface area contributed by atoms with Gasteiger partial charge in [-0.2, -0.15) is 5.10 Å². The van der Waals surface area contributed by atoms with Gasteiger partial charge in [0.2, 0.25) is 5.78 Å². The fourth-order valence-electron chi connectivity index (χ4n) is 2.47. The summed E-state index contributed by atoms with van der Waals surface area (Å²) in [5.74, 6) is 0.0856. The van der Waals surface area contributed by atoms with Crippen LogP contribution in [0.15, 0.2) is 34.9 Å². The largest absolute Gasteiger partial charge is 0.374 e. The molecule has 1 aromatic heterocycles. The fraction of sp³-hybridized carbons (Fsp3) is 0.286. The highest BCUT2D eigenvalue weighted by Crippen LogP contribution is 2.28. The van der Waals surface area contributed by atoms with Gasteiger partial charge in [0, 0.05) is 18.7 Å². The molecule has 98 valence electrons. The Balaban J connectivity index is 1.89. The maximum Gasteiger partial charge on any atom is 0.204 e. The Morgan fingerprint density at radius 2 is 2.32 bits per heavy atom. The van der Waals surface area contributed by atoms with Crippen LogP contribution in [-0.4, -0.2) is 21.6 Å². The highest BCUT2D eigenvalue weighted by molar-refractivity contribution is 9.10. The van der Waals surface area contributed by atoms with Gasteiger partial charge in [-0.25, -0.2) is 0 Å². The summed E-state index contributed by atoms with van der Waals surface area (Å²) in [6.07, 6.45) is 2.41. The smallest absolute Gasteiger partial charge is 0.204 e. The average molecular weight is 320 g/mol. The first-order chi connectivity index (χ1) is 9.20. The molecule has 19 heavy (non-hydrogen) atoms. The van der Waals surface area contributed by atoms with Crippen LogP contribution in [0.5, 0.6) is 0 Å². The van der Waals surface area contributed by atoms with E-state index in [-0.39, 0.29) is 11.8 Å². The molecule has 0 spiro atoms. The number of rotatable bonds is 3. The minimum atomic E-state index is -0.198. The van der Waals surface area contributed by atoms with Crippen LogP contribution in [-0.2, 0) is 13.0 Å². The van der Waals surface area contributed by atoms with E-state index in [4.69, 9.17) is 0 Å². The molecule has 0 saturated heterocycles. The molecule has 2 aromatic rings. The van der Waals surface area contributed by atoms with Crippen molar-refractivity contribution in [3.8, 4) is 0 Å². The third-order valence-corrected chi connectivity index (χ3v) is 4.00. The van der Waals surface area contributed by atoms with E-state index in [1.165, 1.54) is 5.56 Å². The third kappa shape index (κ3) is 2.08. The number of ketones is 1. The predicted molar refractivity (Wildman–Crippen MR) is 77.5 cm³/mol. The Bertz CT molecular complexity index is 610. The molecule has 5 heteroatoms. The van der Waals surface area contributed by atoms with Gasteiger partial charge in [-0.3, -0.25) is 9.48 Å². The maximum atomic E-state index is 12.6. The highest BCUT2D eigenvalue weighted by Gasteiger charge is 2.30. The van der Waals surface area contributed by atoms with Crippen LogP contribution in [0.3, 0.4) is 0 Å². The Morgan fingerprint density at radius 1 is 1.53 bits per heavy atom. The lowest BCUT2D eigenvalue weighted by atomic mass is 10.1. The maximum absolute atomic E-state index is 12.6. The van der Waals surface area contributed by atoms with Crippen LogP contribution in [0.25, 0.3) is 0 Å². The number of Topliss-reactive ketones (excluding diaryl/α,β-unsaturated/α-hetero) is 1. The number of aryl methyl sites for hydroxylation is 1. The molecule has 1 atom stereocenters. The summed E-state index contributed by atoms with van der Waals surface area (Å²) in [6.45, 7) is 2.67. The molecule has 2 heterocycles. The van der Waals surface area contributed by atoms with E-state index in [1.807, 2.05) is 25.1 Å². The van der Waals surface area contributed by atoms with E-state index >= 15 is 0 Å². The minimum absolute atomic E-state index is 0.0856. The van der Waals surface area contributed by atoms with Crippen molar-refractivity contribution in [3.05, 3.63) is 46.2 Å². The van der Waals surface area contributed by atoms with Crippen molar-refractivity contribution in [1.29, 1.82) is 0 Å². The summed E-state index contributed by atoms with van der Waals surface area (Å²) in [4.78, 5) is 12.6. The number of para-hydroxylation sites is 1. The summed E-state index contributed by atoms with van der Waals surface area (Å²) < 4.78 is 2.49. The second-order valence-corrected chi connectivity index (χ2v) is 5.43. The first kappa shape index (κ1) is 12.4. The van der Waals surface area contributed by atoms with E-state index in [0.29, 0.717) is 12.2 Å². The topological polar surface area (TPSA) is 46.9 Å². The number of nitrogens with one attached hydrogen (secondary N) is 1. The Labute approximate surface area is 119 Å². The zero-order valence-corrected chi connectivity index (χ0v) is 12.1. The van der Waals surface area contributed by atoms with E-state index in [9.17, 15) is 4.79 Å². The molecule has 1 unspecified atom stereocenters. The number of carbonyl (C=O) groups excluding carboxylic acids is 1. The lowest BCUT2D eigenvalue weighted by Crippen LogP contribution is -2.29. The molecule has 1 aliphatic rings. The molecule has 3 rings (SSSR count). The van der Waals surface area contributed by atoms with Crippen LogP contribution >= 0.6 is 15.9 Å². The highest BCUT2D eigenvalue weighted by atomic mass is 79.9. The number of benzene rings is 1. The standard InChI is InChI=1S/C14H14BrN3O/c1-2-18-13(10(15)8-16-18)14(19)12-7-9-5-3-4-6-11(9)17-12/h3-6,8,12,17H,2,7H2,1H3. The first-order valence-corrected chi connectivity index (χ1v) is 7.10. The molecular weight excluding hydrogens is 306 g/mol. The van der Waals surface area contributed by atoms with Crippen LogP contribution in [0, 0.1) is 0 Å². The van der Waals surface area contributed by atoms with Crippen LogP contribution in [0.1, 0.15) is 23.0 Å². The molecular formula is C14H14BrN3O. The molecule has 1 aromatic carbocycles. The van der Waals surface area contributed by atoms with Crippen LogP contribution in [0.2, 0.25) is 0 Å². The SMILES string of the molecule is CCn1ncc(Br)c1C(=O)C1Cc2ccccc2N1. The third-order valence-electron chi connectivity index (χ3n) is 3.42. The fourth-order valence-corrected chi connectivity index (χ4v) is 2.96. The Morgan fingerprint density at radius 3 is 3.05 bits per heavy atom. The minimum Gasteiger partial charge on any atom is -0.374 e. The lowest BCUT2D eigenvalue weighted by Gasteiger charge is -2.11. The van der Waals surface area contributed by atoms with Gasteiger partial charge in [0.1, 0.15) is 5.69 Å². The van der Waals surface area contributed by atoms with Crippen LogP contribution < -0.4 is 5.32 Å². The van der Waals surface area contributed by atoms with Crippen molar-refractivity contribution in [3.63, 3.8) is 0 Å². The van der Waals surface area contributed by atoms with E-state index in [1.54, 1.807) is 10.9 Å². The van der Waals surface area contributed by atoms with Gasteiger partial charge < -0.3 is 5.32 Å². The number of nitrogens with zero attached hydrogens (tertiary/aromatic N) is 2. The zero-order valence-electron chi connectivity index (χ0n) is 10.6. The molecule has 4 nitrogen and oxygen atoms in total. The number of fused-ring (bicyclic) bond motifs is 1. The van der Waals surface area contributed by atoms with Gasteiger partial charge in [-0.05, 0) is 34.5 Å². The van der Waals surface area contributed by atoms with Gasteiger partial charge in [-0.15, -0.1) is 0 Å². The Hall–Kier alpha value is -1.62. The number of carbonyl (C=O) groups is 1. The van der Waals surface area contributed by atoms with E-state index in [2.05, 4.69) is 32.4 Å². The van der Waals surface area contributed by atoms with Crippen molar-refractivity contribution < 1.29 is 4.79 Å². The van der Waals surface area contributed by atoms with Gasteiger partial charge in [0.15, 0.2) is 0 Å². The summed E-state index contributed by atoms with van der Waals surface area (Å²) in [6, 6.07) is 7.84. The van der Waals surface area contributed by atoms with E-state index in [0.717, 1.165) is 16.6 Å².